The molecule has 22 heavy (non-hydrogen) atoms. The first-order valence-electron chi connectivity index (χ1n) is 8.45. The summed E-state index contributed by atoms with van der Waals surface area (Å²) in [5.74, 6) is 0. The molecule has 2 aromatic carbocycles. The van der Waals surface area contributed by atoms with Crippen LogP contribution in [0.25, 0.3) is 0 Å². The number of hydrogen-bond acceptors (Lipinski definition) is 1. The van der Waals surface area contributed by atoms with E-state index in [9.17, 15) is 0 Å². The van der Waals surface area contributed by atoms with Crippen LogP contribution in [0.15, 0.2) is 48.5 Å². The van der Waals surface area contributed by atoms with Crippen LogP contribution in [0.5, 0.6) is 0 Å². The van der Waals surface area contributed by atoms with Gasteiger partial charge >= 0.3 is 0 Å². The van der Waals surface area contributed by atoms with Crippen LogP contribution in [0.3, 0.4) is 0 Å². The minimum Gasteiger partial charge on any atom is -0.356 e. The molecule has 118 valence electrons. The molecule has 1 N–H and O–H groups in total. The average Bonchev–Trinajstić information content (AvgIpc) is 2.49. The maximum Gasteiger partial charge on any atom is 0.0384 e. The first-order valence-corrected chi connectivity index (χ1v) is 8.45. The van der Waals surface area contributed by atoms with E-state index < -0.39 is 0 Å². The average molecular weight is 295 g/mol. The summed E-state index contributed by atoms with van der Waals surface area (Å²) in [6.45, 7) is 8.98. The summed E-state index contributed by atoms with van der Waals surface area (Å²) in [6.07, 6.45) is 5.08. The Morgan fingerprint density at radius 2 is 1.32 bits per heavy atom. The highest BCUT2D eigenvalue weighted by molar-refractivity contribution is 5.60. The van der Waals surface area contributed by atoms with Gasteiger partial charge in [-0.1, -0.05) is 64.8 Å². The van der Waals surface area contributed by atoms with Gasteiger partial charge in [-0.15, -0.1) is 0 Å². The Morgan fingerprint density at radius 1 is 0.773 bits per heavy atom. The van der Waals surface area contributed by atoms with Crippen LogP contribution < -0.4 is 5.32 Å². The zero-order valence-corrected chi connectivity index (χ0v) is 14.4. The van der Waals surface area contributed by atoms with Crippen LogP contribution in [0.4, 0.5) is 11.4 Å². The van der Waals surface area contributed by atoms with Crippen LogP contribution >= 0.6 is 0 Å². The molecule has 0 aromatic heterocycles. The van der Waals surface area contributed by atoms with E-state index in [0.29, 0.717) is 0 Å². The third-order valence-electron chi connectivity index (χ3n) is 4.06. The SMILES string of the molecule is CCCCCc1ccc(Nc2ccc(C(C)(C)C)cc2)cc1. The van der Waals surface area contributed by atoms with E-state index in [1.807, 2.05) is 0 Å². The maximum absolute atomic E-state index is 3.48. The molecule has 0 aliphatic carbocycles. The van der Waals surface area contributed by atoms with Crippen molar-refractivity contribution in [2.75, 3.05) is 5.32 Å². The van der Waals surface area contributed by atoms with Crippen molar-refractivity contribution in [3.8, 4) is 0 Å². The highest BCUT2D eigenvalue weighted by atomic mass is 14.9. The lowest BCUT2D eigenvalue weighted by Crippen LogP contribution is -2.10. The van der Waals surface area contributed by atoms with Gasteiger partial charge in [0.15, 0.2) is 0 Å². The van der Waals surface area contributed by atoms with E-state index in [4.69, 9.17) is 0 Å². The van der Waals surface area contributed by atoms with Crippen LogP contribution in [0.2, 0.25) is 0 Å². The second kappa shape index (κ2) is 7.49. The second-order valence-corrected chi connectivity index (χ2v) is 7.11. The predicted molar refractivity (Wildman–Crippen MR) is 98.1 cm³/mol. The topological polar surface area (TPSA) is 12.0 Å². The molecule has 0 saturated carbocycles. The predicted octanol–water partition coefficient (Wildman–Crippen LogP) is 6.46. The van der Waals surface area contributed by atoms with E-state index in [2.05, 4.69) is 81.5 Å². The fourth-order valence-corrected chi connectivity index (χ4v) is 2.55. The van der Waals surface area contributed by atoms with Crippen molar-refractivity contribution in [3.63, 3.8) is 0 Å². The van der Waals surface area contributed by atoms with Crippen LogP contribution in [-0.4, -0.2) is 0 Å². The molecule has 0 atom stereocenters. The third kappa shape index (κ3) is 4.91. The first kappa shape index (κ1) is 16.6. The Morgan fingerprint density at radius 3 is 1.82 bits per heavy atom. The number of unbranched alkanes of at least 4 members (excludes halogenated alkanes) is 2. The second-order valence-electron chi connectivity index (χ2n) is 7.11. The van der Waals surface area contributed by atoms with E-state index in [1.165, 1.54) is 36.8 Å². The molecule has 0 aliphatic rings. The molecule has 1 heteroatoms. The summed E-state index contributed by atoms with van der Waals surface area (Å²) < 4.78 is 0. The summed E-state index contributed by atoms with van der Waals surface area (Å²) in [4.78, 5) is 0. The lowest BCUT2D eigenvalue weighted by atomic mass is 9.87. The lowest BCUT2D eigenvalue weighted by Gasteiger charge is -2.19. The lowest BCUT2D eigenvalue weighted by molar-refractivity contribution is 0.590. The molecule has 1 nitrogen and oxygen atoms in total. The van der Waals surface area contributed by atoms with Gasteiger partial charge in [0, 0.05) is 11.4 Å². The minimum atomic E-state index is 0.207. The van der Waals surface area contributed by atoms with Gasteiger partial charge in [0.25, 0.3) is 0 Å². The molecule has 0 aliphatic heterocycles. The van der Waals surface area contributed by atoms with Crippen LogP contribution in [-0.2, 0) is 11.8 Å². The Labute approximate surface area is 135 Å². The number of aryl methyl sites for hydroxylation is 1. The molecule has 0 bridgehead atoms. The summed E-state index contributed by atoms with van der Waals surface area (Å²) in [7, 11) is 0. The molecule has 0 heterocycles. The molecular weight excluding hydrogens is 266 g/mol. The number of benzene rings is 2. The zero-order valence-electron chi connectivity index (χ0n) is 14.4. The van der Waals surface area contributed by atoms with Gasteiger partial charge in [-0.3, -0.25) is 0 Å². The Bertz CT molecular complexity index is 558. The van der Waals surface area contributed by atoms with Crippen molar-refractivity contribution in [2.24, 2.45) is 0 Å². The van der Waals surface area contributed by atoms with Crippen molar-refractivity contribution in [2.45, 2.75) is 58.8 Å². The summed E-state index contributed by atoms with van der Waals surface area (Å²) in [5, 5.41) is 3.48. The highest BCUT2D eigenvalue weighted by Crippen LogP contribution is 2.25. The van der Waals surface area contributed by atoms with Crippen molar-refractivity contribution < 1.29 is 0 Å². The summed E-state index contributed by atoms with van der Waals surface area (Å²) >= 11 is 0. The van der Waals surface area contributed by atoms with Gasteiger partial charge in [-0.05, 0) is 53.6 Å². The van der Waals surface area contributed by atoms with Gasteiger partial charge in [-0.2, -0.15) is 0 Å². The Hall–Kier alpha value is -1.76. The molecule has 0 saturated heterocycles. The number of nitrogens with one attached hydrogen (secondary N) is 1. The van der Waals surface area contributed by atoms with Crippen molar-refractivity contribution >= 4 is 11.4 Å². The highest BCUT2D eigenvalue weighted by Gasteiger charge is 2.12. The maximum atomic E-state index is 3.48. The normalized spacial score (nSPS) is 11.5. The third-order valence-corrected chi connectivity index (χ3v) is 4.06. The number of rotatable bonds is 6. The molecule has 2 rings (SSSR count). The smallest absolute Gasteiger partial charge is 0.0384 e. The van der Waals surface area contributed by atoms with Crippen LogP contribution in [0, 0.1) is 0 Å². The zero-order chi connectivity index (χ0) is 16.0. The van der Waals surface area contributed by atoms with Crippen molar-refractivity contribution in [1.29, 1.82) is 0 Å². The molecular formula is C21H29N. The first-order chi connectivity index (χ1) is 10.5. The van der Waals surface area contributed by atoms with Gasteiger partial charge < -0.3 is 5.32 Å². The van der Waals surface area contributed by atoms with Crippen molar-refractivity contribution in [1.82, 2.24) is 0 Å². The molecule has 2 aromatic rings. The van der Waals surface area contributed by atoms with Crippen molar-refractivity contribution in [3.05, 3.63) is 59.7 Å². The van der Waals surface area contributed by atoms with Gasteiger partial charge in [0.2, 0.25) is 0 Å². The minimum absolute atomic E-state index is 0.207. The Kier molecular flexibility index (Phi) is 5.65. The van der Waals surface area contributed by atoms with Gasteiger partial charge in [-0.25, -0.2) is 0 Å². The summed E-state index contributed by atoms with van der Waals surface area (Å²) in [5.41, 5.74) is 5.31. The molecule has 0 unspecified atom stereocenters. The summed E-state index contributed by atoms with van der Waals surface area (Å²) in [6, 6.07) is 17.6. The monoisotopic (exact) mass is 295 g/mol. The van der Waals surface area contributed by atoms with Crippen LogP contribution in [0.1, 0.15) is 58.1 Å². The molecule has 0 fully saturated rings. The quantitative estimate of drug-likeness (QED) is 0.603. The fraction of sp³-hybridized carbons (Fsp3) is 0.429. The van der Waals surface area contributed by atoms with E-state index in [-0.39, 0.29) is 5.41 Å². The number of hydrogen-bond donors (Lipinski definition) is 1. The van der Waals surface area contributed by atoms with Gasteiger partial charge in [0.05, 0.1) is 0 Å². The molecule has 0 radical (unpaired) electrons. The van der Waals surface area contributed by atoms with E-state index >= 15 is 0 Å². The molecule has 0 spiro atoms. The molecule has 0 amide bonds. The fourth-order valence-electron chi connectivity index (χ4n) is 2.55. The Balaban J connectivity index is 1.96. The number of anilines is 2. The van der Waals surface area contributed by atoms with Gasteiger partial charge in [0.1, 0.15) is 0 Å². The van der Waals surface area contributed by atoms with E-state index in [0.717, 1.165) is 11.4 Å². The largest absolute Gasteiger partial charge is 0.356 e. The standard InChI is InChI=1S/C21H29N/c1-5-6-7-8-17-9-13-19(14-10-17)22-20-15-11-18(12-16-20)21(2,3)4/h9-16,22H,5-8H2,1-4H3. The van der Waals surface area contributed by atoms with E-state index in [1.54, 1.807) is 0 Å².